The Balaban J connectivity index is 2.14. The molecule has 3 rings (SSSR count). The predicted molar refractivity (Wildman–Crippen MR) is 83.9 cm³/mol. The normalized spacial score (nSPS) is 10.6. The van der Waals surface area contributed by atoms with Gasteiger partial charge in [-0.2, -0.15) is 5.10 Å². The Morgan fingerprint density at radius 3 is 2.62 bits per heavy atom. The minimum atomic E-state index is 0.710. The van der Waals surface area contributed by atoms with Crippen LogP contribution in [0.5, 0.6) is 0 Å². The number of rotatable bonds is 4. The van der Waals surface area contributed by atoms with Crippen molar-refractivity contribution in [2.24, 2.45) is 0 Å². The van der Waals surface area contributed by atoms with Crippen LogP contribution in [0.15, 0.2) is 48.7 Å². The van der Waals surface area contributed by atoms with Crippen LogP contribution in [0.25, 0.3) is 22.8 Å². The van der Waals surface area contributed by atoms with E-state index in [0.717, 1.165) is 29.3 Å². The van der Waals surface area contributed by atoms with Crippen molar-refractivity contribution in [1.29, 1.82) is 0 Å². The van der Waals surface area contributed by atoms with Gasteiger partial charge >= 0.3 is 0 Å². The first kappa shape index (κ1) is 13.3. The van der Waals surface area contributed by atoms with Crippen molar-refractivity contribution in [2.75, 3.05) is 12.4 Å². The van der Waals surface area contributed by atoms with Crippen LogP contribution in [-0.2, 0) is 6.54 Å². The summed E-state index contributed by atoms with van der Waals surface area (Å²) in [5.74, 6) is 1.50. The van der Waals surface area contributed by atoms with Gasteiger partial charge in [-0.15, -0.1) is 0 Å². The molecule has 0 bridgehead atoms. The molecule has 0 saturated carbocycles. The van der Waals surface area contributed by atoms with Crippen LogP contribution in [0.3, 0.4) is 0 Å². The SMILES string of the molecule is CCn1nccc1-c1cc(NC)nc(-c2ccccc2)n1. The lowest BCUT2D eigenvalue weighted by Gasteiger charge is -2.09. The Kier molecular flexibility index (Phi) is 3.64. The summed E-state index contributed by atoms with van der Waals surface area (Å²) < 4.78 is 1.93. The maximum Gasteiger partial charge on any atom is 0.162 e. The van der Waals surface area contributed by atoms with Gasteiger partial charge in [0.15, 0.2) is 5.82 Å². The monoisotopic (exact) mass is 279 g/mol. The lowest BCUT2D eigenvalue weighted by Crippen LogP contribution is -2.03. The molecule has 0 aliphatic rings. The van der Waals surface area contributed by atoms with Gasteiger partial charge < -0.3 is 5.32 Å². The van der Waals surface area contributed by atoms with Crippen LogP contribution in [0.2, 0.25) is 0 Å². The maximum absolute atomic E-state index is 4.69. The van der Waals surface area contributed by atoms with Gasteiger partial charge in [0.25, 0.3) is 0 Å². The molecule has 3 aromatic rings. The number of aromatic nitrogens is 4. The summed E-state index contributed by atoms with van der Waals surface area (Å²) in [6.45, 7) is 2.87. The molecule has 0 unspecified atom stereocenters. The van der Waals surface area contributed by atoms with Crippen molar-refractivity contribution in [3.05, 3.63) is 48.7 Å². The summed E-state index contributed by atoms with van der Waals surface area (Å²) in [7, 11) is 1.86. The van der Waals surface area contributed by atoms with E-state index in [9.17, 15) is 0 Å². The van der Waals surface area contributed by atoms with Crippen molar-refractivity contribution in [1.82, 2.24) is 19.7 Å². The van der Waals surface area contributed by atoms with Crippen LogP contribution in [-0.4, -0.2) is 26.8 Å². The third-order valence-corrected chi connectivity index (χ3v) is 3.29. The Labute approximate surface area is 123 Å². The summed E-state index contributed by atoms with van der Waals surface area (Å²) in [6.07, 6.45) is 1.79. The lowest BCUT2D eigenvalue weighted by molar-refractivity contribution is 0.665. The summed E-state index contributed by atoms with van der Waals surface area (Å²) >= 11 is 0. The van der Waals surface area contributed by atoms with Gasteiger partial charge in [0.2, 0.25) is 0 Å². The zero-order chi connectivity index (χ0) is 14.7. The van der Waals surface area contributed by atoms with Crippen molar-refractivity contribution >= 4 is 5.82 Å². The molecular formula is C16H17N5. The van der Waals surface area contributed by atoms with Crippen LogP contribution in [0.1, 0.15) is 6.92 Å². The van der Waals surface area contributed by atoms with Gasteiger partial charge in [0, 0.05) is 31.4 Å². The molecule has 0 aliphatic heterocycles. The number of nitrogens with zero attached hydrogens (tertiary/aromatic N) is 4. The van der Waals surface area contributed by atoms with E-state index in [4.69, 9.17) is 4.98 Å². The first-order chi connectivity index (χ1) is 10.3. The quantitative estimate of drug-likeness (QED) is 0.797. The first-order valence-electron chi connectivity index (χ1n) is 6.96. The van der Waals surface area contributed by atoms with E-state index in [1.54, 1.807) is 6.20 Å². The fourth-order valence-corrected chi connectivity index (χ4v) is 2.23. The average molecular weight is 279 g/mol. The Morgan fingerprint density at radius 1 is 1.10 bits per heavy atom. The second kappa shape index (κ2) is 5.75. The molecule has 5 heteroatoms. The van der Waals surface area contributed by atoms with Crippen LogP contribution in [0, 0.1) is 0 Å². The Hall–Kier alpha value is -2.69. The molecule has 21 heavy (non-hydrogen) atoms. The van der Waals surface area contributed by atoms with E-state index in [2.05, 4.69) is 22.3 Å². The van der Waals surface area contributed by atoms with Gasteiger partial charge in [0.05, 0.1) is 11.4 Å². The summed E-state index contributed by atoms with van der Waals surface area (Å²) in [5.41, 5.74) is 2.86. The Bertz CT molecular complexity index is 733. The predicted octanol–water partition coefficient (Wildman–Crippen LogP) is 3.07. The molecule has 0 saturated heterocycles. The fraction of sp³-hybridized carbons (Fsp3) is 0.188. The number of anilines is 1. The van der Waals surface area contributed by atoms with Crippen LogP contribution < -0.4 is 5.32 Å². The zero-order valence-electron chi connectivity index (χ0n) is 12.1. The van der Waals surface area contributed by atoms with E-state index < -0.39 is 0 Å². The molecule has 1 aromatic carbocycles. The molecule has 0 atom stereocenters. The molecule has 0 amide bonds. The molecule has 2 aromatic heterocycles. The zero-order valence-corrected chi connectivity index (χ0v) is 12.1. The van der Waals surface area contributed by atoms with Gasteiger partial charge in [-0.1, -0.05) is 30.3 Å². The number of hydrogen-bond donors (Lipinski definition) is 1. The molecule has 5 nitrogen and oxygen atoms in total. The minimum Gasteiger partial charge on any atom is -0.373 e. The summed E-state index contributed by atoms with van der Waals surface area (Å²) in [6, 6.07) is 13.9. The van der Waals surface area contributed by atoms with E-state index in [0.29, 0.717) is 5.82 Å². The second-order valence-electron chi connectivity index (χ2n) is 4.61. The standard InChI is InChI=1S/C16H17N5/c1-3-21-14(9-10-18-21)13-11-15(17-2)20-16(19-13)12-7-5-4-6-8-12/h4-11H,3H2,1-2H3,(H,17,19,20). The largest absolute Gasteiger partial charge is 0.373 e. The van der Waals surface area contributed by atoms with Gasteiger partial charge in [-0.3, -0.25) is 4.68 Å². The van der Waals surface area contributed by atoms with E-state index in [-0.39, 0.29) is 0 Å². The summed E-state index contributed by atoms with van der Waals surface area (Å²) in [4.78, 5) is 9.23. The van der Waals surface area contributed by atoms with Crippen molar-refractivity contribution in [3.8, 4) is 22.8 Å². The van der Waals surface area contributed by atoms with Crippen molar-refractivity contribution in [3.63, 3.8) is 0 Å². The second-order valence-corrected chi connectivity index (χ2v) is 4.61. The van der Waals surface area contributed by atoms with Gasteiger partial charge in [0.1, 0.15) is 5.82 Å². The van der Waals surface area contributed by atoms with E-state index in [1.807, 2.05) is 54.2 Å². The number of aryl methyl sites for hydroxylation is 1. The molecule has 0 fully saturated rings. The molecule has 0 spiro atoms. The number of nitrogens with one attached hydrogen (secondary N) is 1. The highest BCUT2D eigenvalue weighted by molar-refractivity contribution is 5.65. The van der Waals surface area contributed by atoms with E-state index >= 15 is 0 Å². The summed E-state index contributed by atoms with van der Waals surface area (Å²) in [5, 5.41) is 7.40. The average Bonchev–Trinajstić information content (AvgIpc) is 3.04. The van der Waals surface area contributed by atoms with Gasteiger partial charge in [-0.25, -0.2) is 9.97 Å². The van der Waals surface area contributed by atoms with Crippen molar-refractivity contribution in [2.45, 2.75) is 13.5 Å². The minimum absolute atomic E-state index is 0.710. The molecule has 1 N–H and O–H groups in total. The topological polar surface area (TPSA) is 55.6 Å². The molecule has 0 radical (unpaired) electrons. The third-order valence-electron chi connectivity index (χ3n) is 3.29. The highest BCUT2D eigenvalue weighted by atomic mass is 15.3. The molecule has 0 aliphatic carbocycles. The highest BCUT2D eigenvalue weighted by Gasteiger charge is 2.11. The van der Waals surface area contributed by atoms with Crippen molar-refractivity contribution < 1.29 is 0 Å². The molecule has 2 heterocycles. The number of hydrogen-bond acceptors (Lipinski definition) is 4. The molecule has 106 valence electrons. The Morgan fingerprint density at radius 2 is 1.90 bits per heavy atom. The molecular weight excluding hydrogens is 262 g/mol. The fourth-order valence-electron chi connectivity index (χ4n) is 2.23. The van der Waals surface area contributed by atoms with Crippen LogP contribution in [0.4, 0.5) is 5.82 Å². The maximum atomic E-state index is 4.69. The first-order valence-corrected chi connectivity index (χ1v) is 6.96. The van der Waals surface area contributed by atoms with Crippen LogP contribution >= 0.6 is 0 Å². The van der Waals surface area contributed by atoms with Gasteiger partial charge in [-0.05, 0) is 13.0 Å². The van der Waals surface area contributed by atoms with E-state index in [1.165, 1.54) is 0 Å². The number of benzene rings is 1. The smallest absolute Gasteiger partial charge is 0.162 e. The third kappa shape index (κ3) is 2.63. The lowest BCUT2D eigenvalue weighted by atomic mass is 10.2. The highest BCUT2D eigenvalue weighted by Crippen LogP contribution is 2.24.